The number of carbonyl (C=O) groups excluding carboxylic acids is 1. The largest absolute Gasteiger partial charge is 0.482 e. The predicted molar refractivity (Wildman–Crippen MR) is 97.1 cm³/mol. The Morgan fingerprint density at radius 1 is 1.27 bits per heavy atom. The number of carbonyl (C=O) groups is 2. The van der Waals surface area contributed by atoms with Gasteiger partial charge in [-0.1, -0.05) is 12.1 Å². The Kier molecular flexibility index (Phi) is 6.02. The number of aryl methyl sites for hydroxylation is 2. The molecule has 1 unspecified atom stereocenters. The lowest BCUT2D eigenvalue weighted by molar-refractivity contribution is -0.139. The van der Waals surface area contributed by atoms with Gasteiger partial charge in [0.05, 0.1) is 11.6 Å². The van der Waals surface area contributed by atoms with Crippen molar-refractivity contribution in [3.8, 4) is 5.75 Å². The molecule has 1 amide bonds. The second kappa shape index (κ2) is 8.03. The number of amides is 1. The molecular formula is C19H25N3O4. The number of rotatable bonds is 7. The predicted octanol–water partition coefficient (Wildman–Crippen LogP) is 2.26. The smallest absolute Gasteiger partial charge is 0.341 e. The summed E-state index contributed by atoms with van der Waals surface area (Å²) in [5.74, 6) is -0.781. The van der Waals surface area contributed by atoms with Gasteiger partial charge in [-0.15, -0.1) is 0 Å². The first-order valence-electron chi connectivity index (χ1n) is 8.39. The Balaban J connectivity index is 2.03. The van der Waals surface area contributed by atoms with Gasteiger partial charge in [0.15, 0.2) is 6.61 Å². The highest BCUT2D eigenvalue weighted by Crippen LogP contribution is 2.25. The number of aromatic nitrogens is 2. The van der Waals surface area contributed by atoms with Crippen molar-refractivity contribution in [2.75, 3.05) is 13.7 Å². The fraction of sp³-hybridized carbons (Fsp3) is 0.421. The lowest BCUT2D eigenvalue weighted by atomic mass is 9.97. The molecule has 0 aliphatic rings. The summed E-state index contributed by atoms with van der Waals surface area (Å²) in [7, 11) is 3.65. The maximum Gasteiger partial charge on any atom is 0.341 e. The minimum atomic E-state index is -1.02. The minimum absolute atomic E-state index is 0.0235. The number of aliphatic carboxylic acids is 1. The van der Waals surface area contributed by atoms with Gasteiger partial charge in [0, 0.05) is 31.9 Å². The molecular weight excluding hydrogens is 334 g/mol. The van der Waals surface area contributed by atoms with E-state index in [0.717, 1.165) is 22.5 Å². The Morgan fingerprint density at radius 2 is 1.88 bits per heavy atom. The maximum absolute atomic E-state index is 12.8. The number of ether oxygens (including phenoxy) is 1. The lowest BCUT2D eigenvalue weighted by Gasteiger charge is -2.22. The monoisotopic (exact) mass is 359 g/mol. The van der Waals surface area contributed by atoms with Crippen molar-refractivity contribution in [3.05, 3.63) is 46.8 Å². The molecule has 0 saturated heterocycles. The van der Waals surface area contributed by atoms with E-state index in [2.05, 4.69) is 5.10 Å². The summed E-state index contributed by atoms with van der Waals surface area (Å²) in [5.41, 5.74) is 3.79. The average molecular weight is 359 g/mol. The Labute approximate surface area is 153 Å². The standard InChI is InChI=1S/C19H25N3O4/c1-12(18-13(2)20-22(5)14(18)3)19(25)21(4)10-15-6-8-16(9-7-15)26-11-17(23)24/h6-9,12H,10-11H2,1-5H3,(H,23,24). The molecule has 2 aromatic rings. The number of benzene rings is 1. The summed E-state index contributed by atoms with van der Waals surface area (Å²) >= 11 is 0. The van der Waals surface area contributed by atoms with Crippen LogP contribution in [0.4, 0.5) is 0 Å². The zero-order chi connectivity index (χ0) is 19.4. The van der Waals surface area contributed by atoms with Gasteiger partial charge < -0.3 is 14.7 Å². The van der Waals surface area contributed by atoms with Crippen LogP contribution in [-0.2, 0) is 23.2 Å². The van der Waals surface area contributed by atoms with Crippen LogP contribution in [0.15, 0.2) is 24.3 Å². The molecule has 1 heterocycles. The van der Waals surface area contributed by atoms with E-state index in [4.69, 9.17) is 9.84 Å². The first kappa shape index (κ1) is 19.5. The number of hydrogen-bond acceptors (Lipinski definition) is 4. The topological polar surface area (TPSA) is 84.7 Å². The van der Waals surface area contributed by atoms with Crippen molar-refractivity contribution >= 4 is 11.9 Å². The first-order chi connectivity index (χ1) is 12.2. The number of carboxylic acids is 1. The molecule has 1 aromatic heterocycles. The lowest BCUT2D eigenvalue weighted by Crippen LogP contribution is -2.30. The van der Waals surface area contributed by atoms with Crippen LogP contribution in [0, 0.1) is 13.8 Å². The molecule has 0 aliphatic carbocycles. The summed E-state index contributed by atoms with van der Waals surface area (Å²) in [6.45, 7) is 5.87. The van der Waals surface area contributed by atoms with Crippen molar-refractivity contribution in [2.45, 2.75) is 33.2 Å². The van der Waals surface area contributed by atoms with E-state index in [-0.39, 0.29) is 18.4 Å². The molecule has 1 aromatic carbocycles. The van der Waals surface area contributed by atoms with Crippen LogP contribution in [0.2, 0.25) is 0 Å². The molecule has 0 saturated carbocycles. The minimum Gasteiger partial charge on any atom is -0.482 e. The summed E-state index contributed by atoms with van der Waals surface area (Å²) in [6, 6.07) is 7.06. The Hall–Kier alpha value is -2.83. The molecule has 1 N–H and O–H groups in total. The molecule has 0 radical (unpaired) electrons. The van der Waals surface area contributed by atoms with E-state index in [0.29, 0.717) is 12.3 Å². The van der Waals surface area contributed by atoms with E-state index >= 15 is 0 Å². The number of likely N-dealkylation sites (N-methyl/N-ethyl adjacent to an activating group) is 1. The van der Waals surface area contributed by atoms with Crippen LogP contribution in [0.5, 0.6) is 5.75 Å². The Morgan fingerprint density at radius 3 is 2.38 bits per heavy atom. The molecule has 26 heavy (non-hydrogen) atoms. The third kappa shape index (κ3) is 4.41. The fourth-order valence-electron chi connectivity index (χ4n) is 3.06. The van der Waals surface area contributed by atoms with E-state index in [9.17, 15) is 9.59 Å². The van der Waals surface area contributed by atoms with Gasteiger partial charge in [0.2, 0.25) is 5.91 Å². The second-order valence-electron chi connectivity index (χ2n) is 6.45. The van der Waals surface area contributed by atoms with Crippen molar-refractivity contribution in [1.82, 2.24) is 14.7 Å². The van der Waals surface area contributed by atoms with Crippen LogP contribution >= 0.6 is 0 Å². The first-order valence-corrected chi connectivity index (χ1v) is 8.39. The van der Waals surface area contributed by atoms with Gasteiger partial charge in [0.1, 0.15) is 5.75 Å². The van der Waals surface area contributed by atoms with Crippen LogP contribution in [-0.4, -0.2) is 45.3 Å². The van der Waals surface area contributed by atoms with Crippen LogP contribution in [0.25, 0.3) is 0 Å². The third-order valence-corrected chi connectivity index (χ3v) is 4.45. The summed E-state index contributed by atoms with van der Waals surface area (Å²) < 4.78 is 6.91. The van der Waals surface area contributed by atoms with Gasteiger partial charge in [-0.25, -0.2) is 4.79 Å². The molecule has 140 valence electrons. The average Bonchev–Trinajstić information content (AvgIpc) is 2.85. The van der Waals surface area contributed by atoms with Crippen molar-refractivity contribution < 1.29 is 19.4 Å². The summed E-state index contributed by atoms with van der Waals surface area (Å²) in [6.07, 6.45) is 0. The fourth-order valence-corrected chi connectivity index (χ4v) is 3.06. The normalized spacial score (nSPS) is 11.9. The van der Waals surface area contributed by atoms with Gasteiger partial charge >= 0.3 is 5.97 Å². The van der Waals surface area contributed by atoms with Crippen molar-refractivity contribution in [2.24, 2.45) is 7.05 Å². The Bertz CT molecular complexity index is 796. The van der Waals surface area contributed by atoms with Gasteiger partial charge in [-0.3, -0.25) is 9.48 Å². The second-order valence-corrected chi connectivity index (χ2v) is 6.45. The molecule has 0 bridgehead atoms. The summed E-state index contributed by atoms with van der Waals surface area (Å²) in [5, 5.41) is 13.0. The van der Waals surface area contributed by atoms with Crippen molar-refractivity contribution in [1.29, 1.82) is 0 Å². The van der Waals surface area contributed by atoms with E-state index < -0.39 is 5.97 Å². The molecule has 1 atom stereocenters. The molecule has 7 nitrogen and oxygen atoms in total. The third-order valence-electron chi connectivity index (χ3n) is 4.45. The van der Waals surface area contributed by atoms with E-state index in [1.54, 1.807) is 28.8 Å². The molecule has 0 spiro atoms. The highest BCUT2D eigenvalue weighted by molar-refractivity contribution is 5.83. The number of hydrogen-bond donors (Lipinski definition) is 1. The van der Waals surface area contributed by atoms with Crippen LogP contribution in [0.1, 0.15) is 35.4 Å². The maximum atomic E-state index is 12.8. The van der Waals surface area contributed by atoms with Crippen LogP contribution in [0.3, 0.4) is 0 Å². The van der Waals surface area contributed by atoms with Gasteiger partial charge in [-0.2, -0.15) is 5.10 Å². The summed E-state index contributed by atoms with van der Waals surface area (Å²) in [4.78, 5) is 25.0. The van der Waals surface area contributed by atoms with E-state index in [1.165, 1.54) is 0 Å². The van der Waals surface area contributed by atoms with Gasteiger partial charge in [-0.05, 0) is 38.5 Å². The molecule has 0 fully saturated rings. The SMILES string of the molecule is Cc1nn(C)c(C)c1C(C)C(=O)N(C)Cc1ccc(OCC(=O)O)cc1. The number of nitrogens with zero attached hydrogens (tertiary/aromatic N) is 3. The highest BCUT2D eigenvalue weighted by Gasteiger charge is 2.25. The molecule has 2 rings (SSSR count). The van der Waals surface area contributed by atoms with E-state index in [1.807, 2.05) is 40.0 Å². The highest BCUT2D eigenvalue weighted by atomic mass is 16.5. The van der Waals surface area contributed by atoms with Crippen LogP contribution < -0.4 is 4.74 Å². The van der Waals surface area contributed by atoms with Crippen molar-refractivity contribution in [3.63, 3.8) is 0 Å². The quantitative estimate of drug-likeness (QED) is 0.820. The number of carboxylic acid groups (broad SMARTS) is 1. The zero-order valence-corrected chi connectivity index (χ0v) is 15.8. The molecule has 0 aliphatic heterocycles. The zero-order valence-electron chi connectivity index (χ0n) is 15.8. The van der Waals surface area contributed by atoms with Gasteiger partial charge in [0.25, 0.3) is 0 Å². The molecule has 7 heteroatoms.